The lowest BCUT2D eigenvalue weighted by Crippen LogP contribution is -2.33. The third-order valence-electron chi connectivity index (χ3n) is 11.7. The number of phenolic OH excluding ortho intramolecular Hbond substituents is 1. The Morgan fingerprint density at radius 3 is 1.49 bits per heavy atom. The van der Waals surface area contributed by atoms with Gasteiger partial charge in [0.2, 0.25) is 0 Å². The van der Waals surface area contributed by atoms with Gasteiger partial charge in [-0.3, -0.25) is 0 Å². The maximum atomic E-state index is 11.3. The molecule has 0 amide bonds. The predicted octanol–water partition coefficient (Wildman–Crippen LogP) is 13.8. The summed E-state index contributed by atoms with van der Waals surface area (Å²) in [7, 11) is 0. The van der Waals surface area contributed by atoms with Crippen molar-refractivity contribution in [1.29, 1.82) is 0 Å². The number of aromatic hydroxyl groups is 1. The molecule has 0 saturated heterocycles. The molecule has 8 nitrogen and oxygen atoms in total. The van der Waals surface area contributed by atoms with Crippen LogP contribution in [-0.2, 0) is 9.47 Å². The summed E-state index contributed by atoms with van der Waals surface area (Å²) in [6, 6.07) is 17.7. The first-order chi connectivity index (χ1) is 29.7. The normalized spacial score (nSPS) is 12.5. The summed E-state index contributed by atoms with van der Waals surface area (Å²) in [5.74, 6) is 2.08. The third-order valence-corrected chi connectivity index (χ3v) is 11.7. The van der Waals surface area contributed by atoms with Gasteiger partial charge in [-0.1, -0.05) is 171 Å². The van der Waals surface area contributed by atoms with Crippen LogP contribution in [0.2, 0.25) is 0 Å². The van der Waals surface area contributed by atoms with Gasteiger partial charge in [0.25, 0.3) is 0 Å². The van der Waals surface area contributed by atoms with Crippen LogP contribution in [-0.4, -0.2) is 63.8 Å². The standard InChI is InChI=1S/C53H79N3O5/c1-7-9-11-13-15-17-18-20-22-24-34-61-50(26-23-21-19-16-14-12-10-8-2)49(58)39-59-33-25-35-60-44-29-32-47(48(57)38-44)53-55-51(45-30-27-40(3)36-42(45)5)54-52(56-53)46-31-28-41(4)37-43(46)6/h27-32,36-38,49-50,57-58H,7-26,33-35,39H2,1-6H3. The average Bonchev–Trinajstić information content (AvgIpc) is 3.24. The van der Waals surface area contributed by atoms with E-state index in [0.29, 0.717) is 55.0 Å². The van der Waals surface area contributed by atoms with Crippen molar-refractivity contribution in [3.8, 4) is 45.7 Å². The van der Waals surface area contributed by atoms with Gasteiger partial charge in [0.15, 0.2) is 17.5 Å². The second kappa shape index (κ2) is 28.7. The van der Waals surface area contributed by atoms with Gasteiger partial charge in [-0.15, -0.1) is 0 Å². The Balaban J connectivity index is 1.26. The first-order valence-corrected chi connectivity index (χ1v) is 23.9. The molecule has 2 atom stereocenters. The Morgan fingerprint density at radius 2 is 0.984 bits per heavy atom. The van der Waals surface area contributed by atoms with E-state index in [1.807, 2.05) is 18.2 Å². The zero-order valence-corrected chi connectivity index (χ0v) is 38.8. The number of rotatable bonds is 32. The Hall–Kier alpha value is -3.85. The number of benzene rings is 3. The summed E-state index contributed by atoms with van der Waals surface area (Å²) in [4.78, 5) is 14.6. The lowest BCUT2D eigenvalue weighted by atomic mass is 10.0. The highest BCUT2D eigenvalue weighted by Gasteiger charge is 2.21. The number of aromatic nitrogens is 3. The summed E-state index contributed by atoms with van der Waals surface area (Å²) in [6.45, 7) is 14.6. The van der Waals surface area contributed by atoms with E-state index in [1.54, 1.807) is 12.1 Å². The van der Waals surface area contributed by atoms with E-state index in [-0.39, 0.29) is 18.5 Å². The van der Waals surface area contributed by atoms with Crippen LogP contribution in [0.5, 0.6) is 11.5 Å². The van der Waals surface area contributed by atoms with Crippen LogP contribution in [0.3, 0.4) is 0 Å². The molecule has 1 heterocycles. The average molecular weight is 838 g/mol. The van der Waals surface area contributed by atoms with E-state index < -0.39 is 6.10 Å². The first-order valence-electron chi connectivity index (χ1n) is 23.9. The van der Waals surface area contributed by atoms with Crippen molar-refractivity contribution >= 4 is 0 Å². The highest BCUT2D eigenvalue weighted by Crippen LogP contribution is 2.34. The molecule has 2 unspecified atom stereocenters. The Labute approximate surface area is 369 Å². The summed E-state index contributed by atoms with van der Waals surface area (Å²) in [5, 5.41) is 22.4. The van der Waals surface area contributed by atoms with Crippen LogP contribution >= 0.6 is 0 Å². The molecular formula is C53H79N3O5. The molecule has 0 aliphatic carbocycles. The number of aliphatic hydroxyl groups excluding tert-OH is 1. The van der Waals surface area contributed by atoms with Crippen LogP contribution in [0.15, 0.2) is 54.6 Å². The van der Waals surface area contributed by atoms with Crippen molar-refractivity contribution in [2.75, 3.05) is 26.4 Å². The second-order valence-electron chi connectivity index (χ2n) is 17.3. The quantitative estimate of drug-likeness (QED) is 0.0468. The van der Waals surface area contributed by atoms with E-state index in [1.165, 1.54) is 114 Å². The molecule has 0 bridgehead atoms. The van der Waals surface area contributed by atoms with Crippen LogP contribution in [0.25, 0.3) is 34.2 Å². The molecule has 0 aliphatic rings. The Morgan fingerprint density at radius 1 is 0.508 bits per heavy atom. The maximum absolute atomic E-state index is 11.3. The number of nitrogens with zero attached hydrogens (tertiary/aromatic N) is 3. The zero-order chi connectivity index (χ0) is 43.7. The summed E-state index contributed by atoms with van der Waals surface area (Å²) >= 11 is 0. The van der Waals surface area contributed by atoms with Gasteiger partial charge in [0.1, 0.15) is 17.6 Å². The highest BCUT2D eigenvalue weighted by atomic mass is 16.5. The first kappa shape index (κ1) is 49.8. The highest BCUT2D eigenvalue weighted by molar-refractivity contribution is 5.72. The fourth-order valence-electron chi connectivity index (χ4n) is 8.01. The summed E-state index contributed by atoms with van der Waals surface area (Å²) in [6.07, 6.45) is 23.7. The third kappa shape index (κ3) is 18.2. The Bertz CT molecular complexity index is 1760. The van der Waals surface area contributed by atoms with Crippen LogP contribution in [0, 0.1) is 27.7 Å². The van der Waals surface area contributed by atoms with Gasteiger partial charge >= 0.3 is 0 Å². The number of hydrogen-bond donors (Lipinski definition) is 2. The van der Waals surface area contributed by atoms with Crippen molar-refractivity contribution in [3.63, 3.8) is 0 Å². The van der Waals surface area contributed by atoms with E-state index in [2.05, 4.69) is 65.8 Å². The molecule has 0 saturated carbocycles. The van der Waals surface area contributed by atoms with E-state index in [9.17, 15) is 10.2 Å². The van der Waals surface area contributed by atoms with Gasteiger partial charge in [-0.2, -0.15) is 0 Å². The van der Waals surface area contributed by atoms with Gasteiger partial charge in [0.05, 0.1) is 24.9 Å². The van der Waals surface area contributed by atoms with Crippen LogP contribution < -0.4 is 4.74 Å². The molecular weight excluding hydrogens is 759 g/mol. The fourth-order valence-corrected chi connectivity index (χ4v) is 8.01. The van der Waals surface area contributed by atoms with Gasteiger partial charge in [0, 0.05) is 36.8 Å². The minimum Gasteiger partial charge on any atom is -0.507 e. The summed E-state index contributed by atoms with van der Waals surface area (Å²) < 4.78 is 18.3. The second-order valence-corrected chi connectivity index (χ2v) is 17.3. The number of unbranched alkanes of at least 4 members (excludes halogenated alkanes) is 16. The number of aliphatic hydroxyl groups is 1. The Kier molecular flexibility index (Phi) is 23.4. The lowest BCUT2D eigenvalue weighted by Gasteiger charge is -2.23. The SMILES string of the molecule is CCCCCCCCCCCCOC(CCCCCCCCCC)C(O)COCCCOc1ccc(-c2nc(-c3ccc(C)cc3C)nc(-c3ccc(C)cc3C)n2)c(O)c1. The molecule has 0 radical (unpaired) electrons. The molecule has 4 aromatic rings. The van der Waals surface area contributed by atoms with E-state index >= 15 is 0 Å². The lowest BCUT2D eigenvalue weighted by molar-refractivity contribution is -0.0771. The number of phenols is 1. The molecule has 2 N–H and O–H groups in total. The molecule has 8 heteroatoms. The van der Waals surface area contributed by atoms with Gasteiger partial charge in [-0.25, -0.2) is 15.0 Å². The molecule has 3 aromatic carbocycles. The molecule has 0 fully saturated rings. The van der Waals surface area contributed by atoms with Crippen molar-refractivity contribution in [1.82, 2.24) is 15.0 Å². The van der Waals surface area contributed by atoms with Crippen LogP contribution in [0.1, 0.15) is 165 Å². The minimum absolute atomic E-state index is 0.0292. The maximum Gasteiger partial charge on any atom is 0.167 e. The molecule has 336 valence electrons. The molecule has 0 spiro atoms. The van der Waals surface area contributed by atoms with Crippen molar-refractivity contribution in [2.24, 2.45) is 0 Å². The summed E-state index contributed by atoms with van der Waals surface area (Å²) in [5.41, 5.74) is 6.82. The predicted molar refractivity (Wildman–Crippen MR) is 252 cm³/mol. The van der Waals surface area contributed by atoms with Gasteiger partial charge in [-0.05, 0) is 63.8 Å². The molecule has 4 rings (SSSR count). The monoisotopic (exact) mass is 838 g/mol. The molecule has 1 aromatic heterocycles. The zero-order valence-electron chi connectivity index (χ0n) is 38.8. The number of hydrogen-bond acceptors (Lipinski definition) is 8. The van der Waals surface area contributed by atoms with Gasteiger partial charge < -0.3 is 24.4 Å². The fraction of sp³-hybridized carbons (Fsp3) is 0.604. The topological polar surface area (TPSA) is 107 Å². The van der Waals surface area contributed by atoms with E-state index in [0.717, 1.165) is 41.5 Å². The minimum atomic E-state index is -0.653. The number of ether oxygens (including phenoxy) is 3. The van der Waals surface area contributed by atoms with Crippen molar-refractivity contribution < 1.29 is 24.4 Å². The van der Waals surface area contributed by atoms with Crippen molar-refractivity contribution in [2.45, 2.75) is 182 Å². The molecule has 61 heavy (non-hydrogen) atoms. The largest absolute Gasteiger partial charge is 0.507 e. The number of aryl methyl sites for hydroxylation is 4. The molecule has 0 aliphatic heterocycles. The smallest absolute Gasteiger partial charge is 0.167 e. The van der Waals surface area contributed by atoms with Crippen LogP contribution in [0.4, 0.5) is 0 Å². The van der Waals surface area contributed by atoms with Crippen molar-refractivity contribution in [3.05, 3.63) is 76.9 Å². The van der Waals surface area contributed by atoms with E-state index in [4.69, 9.17) is 29.2 Å².